The molecule has 1 saturated carbocycles. The maximum absolute atomic E-state index is 11.0. The predicted molar refractivity (Wildman–Crippen MR) is 43.0 cm³/mol. The van der Waals surface area contributed by atoms with E-state index in [0.717, 1.165) is 25.7 Å². The van der Waals surface area contributed by atoms with Gasteiger partial charge >= 0.3 is 5.97 Å². The molecule has 0 aromatic heterocycles. The molecule has 0 spiro atoms. The third-order valence-corrected chi connectivity index (χ3v) is 2.46. The minimum Gasteiger partial charge on any atom is -0.381 e. The molecule has 0 amide bonds. The van der Waals surface area contributed by atoms with E-state index in [1.54, 1.807) is 7.11 Å². The first-order valence-corrected chi connectivity index (χ1v) is 4.21. The molecule has 0 unspecified atom stereocenters. The van der Waals surface area contributed by atoms with E-state index in [1.807, 2.05) is 0 Å². The smallest absolute Gasteiger partial charge is 0.327 e. The standard InChI is InChI=1S/C8H15NO3/c1-11-7-4-2-6(3-5-7)8(10)12-9/h6-7H,2-5,9H2,1H3. The minimum absolute atomic E-state index is 0.0126. The number of nitrogens with two attached hydrogens (primary N) is 1. The van der Waals surface area contributed by atoms with Crippen molar-refractivity contribution in [3.8, 4) is 0 Å². The fourth-order valence-corrected chi connectivity index (χ4v) is 1.63. The van der Waals surface area contributed by atoms with Crippen LogP contribution in [0.3, 0.4) is 0 Å². The summed E-state index contributed by atoms with van der Waals surface area (Å²) in [6.45, 7) is 0. The fraction of sp³-hybridized carbons (Fsp3) is 0.875. The van der Waals surface area contributed by atoms with Crippen LogP contribution in [0.4, 0.5) is 0 Å². The van der Waals surface area contributed by atoms with Gasteiger partial charge in [0.05, 0.1) is 12.0 Å². The predicted octanol–water partition coefficient (Wildman–Crippen LogP) is 0.609. The second-order valence-electron chi connectivity index (χ2n) is 3.15. The third-order valence-electron chi connectivity index (χ3n) is 2.46. The highest BCUT2D eigenvalue weighted by atomic mass is 16.7. The van der Waals surface area contributed by atoms with Crippen LogP contribution >= 0.6 is 0 Å². The zero-order valence-corrected chi connectivity index (χ0v) is 7.29. The minimum atomic E-state index is -0.287. The monoisotopic (exact) mass is 173 g/mol. The molecular formula is C8H15NO3. The Kier molecular flexibility index (Phi) is 3.49. The first-order chi connectivity index (χ1) is 5.77. The Balaban J connectivity index is 2.30. The van der Waals surface area contributed by atoms with Gasteiger partial charge in [-0.25, -0.2) is 0 Å². The molecular weight excluding hydrogens is 158 g/mol. The highest BCUT2D eigenvalue weighted by Crippen LogP contribution is 2.26. The second-order valence-corrected chi connectivity index (χ2v) is 3.15. The average Bonchev–Trinajstić information content (AvgIpc) is 2.17. The van der Waals surface area contributed by atoms with Gasteiger partial charge in [-0.1, -0.05) is 0 Å². The van der Waals surface area contributed by atoms with Crippen molar-refractivity contribution in [3.63, 3.8) is 0 Å². The van der Waals surface area contributed by atoms with Crippen LogP contribution in [0.5, 0.6) is 0 Å². The Morgan fingerprint density at radius 2 is 1.92 bits per heavy atom. The molecule has 4 heteroatoms. The Morgan fingerprint density at radius 1 is 1.33 bits per heavy atom. The number of ether oxygens (including phenoxy) is 1. The van der Waals surface area contributed by atoms with Crippen LogP contribution in [0.2, 0.25) is 0 Å². The normalized spacial score (nSPS) is 29.8. The summed E-state index contributed by atoms with van der Waals surface area (Å²) >= 11 is 0. The number of methoxy groups -OCH3 is 1. The summed E-state index contributed by atoms with van der Waals surface area (Å²) in [5.41, 5.74) is 0. The summed E-state index contributed by atoms with van der Waals surface area (Å²) in [6.07, 6.45) is 3.82. The number of rotatable bonds is 2. The molecule has 1 fully saturated rings. The lowest BCUT2D eigenvalue weighted by Gasteiger charge is -2.25. The maximum Gasteiger partial charge on any atom is 0.327 e. The van der Waals surface area contributed by atoms with Crippen LogP contribution in [0, 0.1) is 5.92 Å². The maximum atomic E-state index is 11.0. The highest BCUT2D eigenvalue weighted by Gasteiger charge is 2.26. The van der Waals surface area contributed by atoms with Crippen molar-refractivity contribution in [1.29, 1.82) is 0 Å². The number of carbonyl (C=O) groups is 1. The second kappa shape index (κ2) is 4.42. The Hall–Kier alpha value is -0.610. The summed E-state index contributed by atoms with van der Waals surface area (Å²) in [5.74, 6) is 4.49. The first-order valence-electron chi connectivity index (χ1n) is 4.21. The molecule has 0 heterocycles. The molecule has 2 N–H and O–H groups in total. The first kappa shape index (κ1) is 9.48. The van der Waals surface area contributed by atoms with Crippen LogP contribution in [0.15, 0.2) is 0 Å². The van der Waals surface area contributed by atoms with Crippen LogP contribution in [0.1, 0.15) is 25.7 Å². The lowest BCUT2D eigenvalue weighted by atomic mass is 9.87. The largest absolute Gasteiger partial charge is 0.381 e. The van der Waals surface area contributed by atoms with Crippen LogP contribution in [-0.4, -0.2) is 19.2 Å². The van der Waals surface area contributed by atoms with Crippen molar-refractivity contribution in [2.75, 3.05) is 7.11 Å². The molecule has 12 heavy (non-hydrogen) atoms. The summed E-state index contributed by atoms with van der Waals surface area (Å²) in [4.78, 5) is 15.2. The van der Waals surface area contributed by atoms with Crippen LogP contribution in [-0.2, 0) is 14.4 Å². The van der Waals surface area contributed by atoms with Crippen LogP contribution in [0.25, 0.3) is 0 Å². The van der Waals surface area contributed by atoms with Crippen molar-refractivity contribution >= 4 is 5.97 Å². The molecule has 1 aliphatic carbocycles. The van der Waals surface area contributed by atoms with E-state index in [0.29, 0.717) is 6.10 Å². The molecule has 0 aromatic rings. The lowest BCUT2D eigenvalue weighted by Crippen LogP contribution is -2.28. The summed E-state index contributed by atoms with van der Waals surface area (Å²) < 4.78 is 5.17. The number of hydrogen-bond donors (Lipinski definition) is 1. The summed E-state index contributed by atoms with van der Waals surface area (Å²) in [6, 6.07) is 0. The van der Waals surface area contributed by atoms with Gasteiger partial charge in [0.15, 0.2) is 0 Å². The van der Waals surface area contributed by atoms with E-state index < -0.39 is 0 Å². The molecule has 0 radical (unpaired) electrons. The Bertz CT molecular complexity index is 152. The molecule has 1 rings (SSSR count). The van der Waals surface area contributed by atoms with Gasteiger partial charge in [-0.3, -0.25) is 4.79 Å². The van der Waals surface area contributed by atoms with E-state index in [4.69, 9.17) is 10.6 Å². The molecule has 70 valence electrons. The van der Waals surface area contributed by atoms with Gasteiger partial charge in [0.2, 0.25) is 0 Å². The highest BCUT2D eigenvalue weighted by molar-refractivity contribution is 5.72. The van der Waals surface area contributed by atoms with Crippen molar-refractivity contribution < 1.29 is 14.4 Å². The topological polar surface area (TPSA) is 61.5 Å². The SMILES string of the molecule is COC1CCC(C(=O)ON)CC1. The van der Waals surface area contributed by atoms with Gasteiger partial charge in [-0.15, -0.1) is 0 Å². The quantitative estimate of drug-likeness (QED) is 0.621. The molecule has 0 bridgehead atoms. The van der Waals surface area contributed by atoms with Gasteiger partial charge < -0.3 is 9.57 Å². The Labute approximate surface area is 72.0 Å². The molecule has 0 aromatic carbocycles. The number of hydrogen-bond acceptors (Lipinski definition) is 4. The van der Waals surface area contributed by atoms with Crippen LogP contribution < -0.4 is 5.90 Å². The van der Waals surface area contributed by atoms with E-state index in [2.05, 4.69) is 4.84 Å². The van der Waals surface area contributed by atoms with Gasteiger partial charge in [0.1, 0.15) is 0 Å². The van der Waals surface area contributed by atoms with E-state index >= 15 is 0 Å². The number of carbonyl (C=O) groups excluding carboxylic acids is 1. The average molecular weight is 173 g/mol. The van der Waals surface area contributed by atoms with Gasteiger partial charge in [-0.2, -0.15) is 5.90 Å². The van der Waals surface area contributed by atoms with Crippen molar-refractivity contribution in [2.24, 2.45) is 11.8 Å². The van der Waals surface area contributed by atoms with Gasteiger partial charge in [0, 0.05) is 7.11 Å². The van der Waals surface area contributed by atoms with Crippen molar-refractivity contribution in [3.05, 3.63) is 0 Å². The molecule has 0 saturated heterocycles. The molecule has 1 aliphatic rings. The Morgan fingerprint density at radius 3 is 2.33 bits per heavy atom. The van der Waals surface area contributed by atoms with E-state index in [1.165, 1.54) is 0 Å². The summed E-state index contributed by atoms with van der Waals surface area (Å²) in [7, 11) is 1.70. The molecule has 4 nitrogen and oxygen atoms in total. The zero-order chi connectivity index (χ0) is 8.97. The van der Waals surface area contributed by atoms with Gasteiger partial charge in [0.25, 0.3) is 0 Å². The van der Waals surface area contributed by atoms with Gasteiger partial charge in [-0.05, 0) is 25.7 Å². The van der Waals surface area contributed by atoms with Crippen molar-refractivity contribution in [2.45, 2.75) is 31.8 Å². The zero-order valence-electron chi connectivity index (χ0n) is 7.29. The third kappa shape index (κ3) is 2.19. The van der Waals surface area contributed by atoms with E-state index in [-0.39, 0.29) is 11.9 Å². The molecule has 0 aliphatic heterocycles. The lowest BCUT2D eigenvalue weighted by molar-refractivity contribution is -0.151. The summed E-state index contributed by atoms with van der Waals surface area (Å²) in [5, 5.41) is 0. The van der Waals surface area contributed by atoms with Crippen molar-refractivity contribution in [1.82, 2.24) is 0 Å². The van der Waals surface area contributed by atoms with E-state index in [9.17, 15) is 4.79 Å². The fourth-order valence-electron chi connectivity index (χ4n) is 1.63. The molecule has 0 atom stereocenters.